The third-order valence-electron chi connectivity index (χ3n) is 5.14. The highest BCUT2D eigenvalue weighted by atomic mass is 32.1. The van der Waals surface area contributed by atoms with Gasteiger partial charge in [0.1, 0.15) is 18.0 Å². The van der Waals surface area contributed by atoms with Crippen molar-refractivity contribution in [2.24, 2.45) is 0 Å². The lowest BCUT2D eigenvalue weighted by Crippen LogP contribution is -2.43. The van der Waals surface area contributed by atoms with E-state index >= 15 is 0 Å². The molecule has 1 N–H and O–H groups in total. The number of ether oxygens (including phenoxy) is 2. The summed E-state index contributed by atoms with van der Waals surface area (Å²) in [5, 5.41) is 5.95. The first-order chi connectivity index (χ1) is 15.5. The third kappa shape index (κ3) is 4.60. The molecule has 32 heavy (non-hydrogen) atoms. The van der Waals surface area contributed by atoms with E-state index in [2.05, 4.69) is 17.2 Å². The SMILES string of the molecule is CCCc1nc(-c2ccc3c(c2)N(CC(=O)Nc2cc(C)ccc2OC)C(=O)CO3)cs1. The number of carbonyl (C=O) groups is 2. The molecule has 7 nitrogen and oxygen atoms in total. The third-order valence-corrected chi connectivity index (χ3v) is 6.05. The molecule has 0 saturated carbocycles. The van der Waals surface area contributed by atoms with Crippen LogP contribution in [0.2, 0.25) is 0 Å². The molecule has 0 aliphatic carbocycles. The predicted octanol–water partition coefficient (Wildman–Crippen LogP) is 4.44. The van der Waals surface area contributed by atoms with Crippen LogP contribution in [0.25, 0.3) is 11.3 Å². The van der Waals surface area contributed by atoms with Crippen LogP contribution < -0.4 is 19.7 Å². The van der Waals surface area contributed by atoms with Gasteiger partial charge in [-0.05, 0) is 55.7 Å². The Hall–Kier alpha value is -3.39. The van der Waals surface area contributed by atoms with Gasteiger partial charge in [-0.3, -0.25) is 14.5 Å². The summed E-state index contributed by atoms with van der Waals surface area (Å²) < 4.78 is 10.9. The first kappa shape index (κ1) is 21.8. The lowest BCUT2D eigenvalue weighted by atomic mass is 10.1. The topological polar surface area (TPSA) is 80.8 Å². The van der Waals surface area contributed by atoms with E-state index in [1.165, 1.54) is 4.90 Å². The first-order valence-electron chi connectivity index (χ1n) is 10.4. The molecule has 2 amide bonds. The van der Waals surface area contributed by atoms with Crippen molar-refractivity contribution in [2.75, 3.05) is 30.5 Å². The number of methoxy groups -OCH3 is 1. The minimum Gasteiger partial charge on any atom is -0.495 e. The number of hydrogen-bond acceptors (Lipinski definition) is 6. The van der Waals surface area contributed by atoms with Crippen LogP contribution in [-0.2, 0) is 16.0 Å². The van der Waals surface area contributed by atoms with Crippen molar-refractivity contribution in [3.63, 3.8) is 0 Å². The van der Waals surface area contributed by atoms with Crippen molar-refractivity contribution in [3.8, 4) is 22.8 Å². The molecule has 0 fully saturated rings. The fourth-order valence-corrected chi connectivity index (χ4v) is 4.47. The van der Waals surface area contributed by atoms with Gasteiger partial charge in [-0.2, -0.15) is 0 Å². The van der Waals surface area contributed by atoms with Gasteiger partial charge in [-0.1, -0.05) is 13.0 Å². The predicted molar refractivity (Wildman–Crippen MR) is 126 cm³/mol. The second-order valence-electron chi connectivity index (χ2n) is 7.58. The van der Waals surface area contributed by atoms with Crippen LogP contribution in [0.1, 0.15) is 23.9 Å². The Balaban J connectivity index is 1.58. The highest BCUT2D eigenvalue weighted by molar-refractivity contribution is 7.09. The van der Waals surface area contributed by atoms with Crippen molar-refractivity contribution < 1.29 is 19.1 Å². The summed E-state index contributed by atoms with van der Waals surface area (Å²) in [5.41, 5.74) is 3.86. The van der Waals surface area contributed by atoms with Gasteiger partial charge in [0.05, 0.1) is 29.2 Å². The van der Waals surface area contributed by atoms with E-state index in [9.17, 15) is 9.59 Å². The molecular formula is C24H25N3O4S. The molecule has 8 heteroatoms. The van der Waals surface area contributed by atoms with Crippen molar-refractivity contribution in [3.05, 3.63) is 52.3 Å². The van der Waals surface area contributed by atoms with Crippen LogP contribution in [0, 0.1) is 6.92 Å². The van der Waals surface area contributed by atoms with Gasteiger partial charge in [0.2, 0.25) is 5.91 Å². The standard InChI is InChI=1S/C24H25N3O4S/c1-4-5-23-26-18(14-32-23)16-7-9-21-19(11-16)27(24(29)13-31-21)12-22(28)25-17-10-15(2)6-8-20(17)30-3/h6-11,14H,4-5,12-13H2,1-3H3,(H,25,28). The quantitative estimate of drug-likeness (QED) is 0.574. The van der Waals surface area contributed by atoms with E-state index in [1.807, 2.05) is 42.6 Å². The second-order valence-corrected chi connectivity index (χ2v) is 8.52. The van der Waals surface area contributed by atoms with E-state index in [0.717, 1.165) is 34.7 Å². The van der Waals surface area contributed by atoms with Crippen molar-refractivity contribution in [1.82, 2.24) is 4.98 Å². The molecule has 166 valence electrons. The maximum Gasteiger partial charge on any atom is 0.265 e. The highest BCUT2D eigenvalue weighted by Crippen LogP contribution is 2.36. The maximum atomic E-state index is 12.8. The Morgan fingerprint density at radius 3 is 2.91 bits per heavy atom. The van der Waals surface area contributed by atoms with Crippen LogP contribution >= 0.6 is 11.3 Å². The number of carbonyl (C=O) groups excluding carboxylic acids is 2. The zero-order chi connectivity index (χ0) is 22.7. The molecule has 1 aliphatic heterocycles. The normalized spacial score (nSPS) is 12.8. The Bertz CT molecular complexity index is 1160. The molecule has 2 aromatic carbocycles. The molecule has 2 heterocycles. The number of rotatable bonds is 7. The number of thiazole rings is 1. The summed E-state index contributed by atoms with van der Waals surface area (Å²) in [6.07, 6.45) is 1.97. The Labute approximate surface area is 191 Å². The van der Waals surface area contributed by atoms with Crippen LogP contribution in [0.3, 0.4) is 0 Å². The summed E-state index contributed by atoms with van der Waals surface area (Å²) >= 11 is 1.63. The number of nitrogens with zero attached hydrogens (tertiary/aromatic N) is 2. The Kier molecular flexibility index (Phi) is 6.41. The van der Waals surface area contributed by atoms with Gasteiger partial charge < -0.3 is 14.8 Å². The van der Waals surface area contributed by atoms with Gasteiger partial charge in [-0.15, -0.1) is 11.3 Å². The molecular weight excluding hydrogens is 426 g/mol. The van der Waals surface area contributed by atoms with Crippen molar-refractivity contribution >= 4 is 34.5 Å². The van der Waals surface area contributed by atoms with Gasteiger partial charge in [0.15, 0.2) is 6.61 Å². The second kappa shape index (κ2) is 9.40. The molecule has 4 rings (SSSR count). The number of amides is 2. The number of aryl methyl sites for hydroxylation is 2. The van der Waals surface area contributed by atoms with Crippen LogP contribution in [-0.4, -0.2) is 37.1 Å². The molecule has 0 saturated heterocycles. The van der Waals surface area contributed by atoms with Crippen LogP contribution in [0.5, 0.6) is 11.5 Å². The van der Waals surface area contributed by atoms with E-state index in [0.29, 0.717) is 22.9 Å². The first-order valence-corrected chi connectivity index (χ1v) is 11.3. The summed E-state index contributed by atoms with van der Waals surface area (Å²) in [6, 6.07) is 11.1. The lowest BCUT2D eigenvalue weighted by Gasteiger charge is -2.29. The molecule has 0 unspecified atom stereocenters. The molecule has 0 bridgehead atoms. The Morgan fingerprint density at radius 1 is 1.28 bits per heavy atom. The van der Waals surface area contributed by atoms with Crippen LogP contribution in [0.15, 0.2) is 41.8 Å². The zero-order valence-electron chi connectivity index (χ0n) is 18.3. The minimum atomic E-state index is -0.320. The number of fused-ring (bicyclic) bond motifs is 1. The van der Waals surface area contributed by atoms with E-state index < -0.39 is 0 Å². The largest absolute Gasteiger partial charge is 0.495 e. The molecule has 0 atom stereocenters. The number of benzene rings is 2. The highest BCUT2D eigenvalue weighted by Gasteiger charge is 2.28. The Morgan fingerprint density at radius 2 is 2.12 bits per heavy atom. The summed E-state index contributed by atoms with van der Waals surface area (Å²) in [4.78, 5) is 31.6. The monoisotopic (exact) mass is 451 g/mol. The molecule has 0 spiro atoms. The number of nitrogens with one attached hydrogen (secondary N) is 1. The average Bonchev–Trinajstić information content (AvgIpc) is 3.24. The zero-order valence-corrected chi connectivity index (χ0v) is 19.1. The van der Waals surface area contributed by atoms with E-state index in [-0.39, 0.29) is 25.0 Å². The maximum absolute atomic E-state index is 12.8. The van der Waals surface area contributed by atoms with Crippen molar-refractivity contribution in [1.29, 1.82) is 0 Å². The molecule has 3 aromatic rings. The van der Waals surface area contributed by atoms with Gasteiger partial charge in [0, 0.05) is 10.9 Å². The number of aromatic nitrogens is 1. The number of hydrogen-bond donors (Lipinski definition) is 1. The van der Waals surface area contributed by atoms with Gasteiger partial charge >= 0.3 is 0 Å². The van der Waals surface area contributed by atoms with Gasteiger partial charge in [0.25, 0.3) is 5.91 Å². The van der Waals surface area contributed by atoms with E-state index in [4.69, 9.17) is 9.47 Å². The lowest BCUT2D eigenvalue weighted by molar-refractivity contribution is -0.123. The fourth-order valence-electron chi connectivity index (χ4n) is 3.56. The summed E-state index contributed by atoms with van der Waals surface area (Å²) in [6.45, 7) is 3.82. The molecule has 0 radical (unpaired) electrons. The van der Waals surface area contributed by atoms with Crippen LogP contribution in [0.4, 0.5) is 11.4 Å². The van der Waals surface area contributed by atoms with E-state index in [1.54, 1.807) is 24.5 Å². The average molecular weight is 452 g/mol. The summed E-state index contributed by atoms with van der Waals surface area (Å²) in [5.74, 6) is 0.537. The summed E-state index contributed by atoms with van der Waals surface area (Å²) in [7, 11) is 1.55. The smallest absolute Gasteiger partial charge is 0.265 e. The van der Waals surface area contributed by atoms with Crippen molar-refractivity contribution in [2.45, 2.75) is 26.7 Å². The van der Waals surface area contributed by atoms with Gasteiger partial charge in [-0.25, -0.2) is 4.98 Å². The fraction of sp³-hybridized carbons (Fsp3) is 0.292. The minimum absolute atomic E-state index is 0.106. The molecule has 1 aliphatic rings. The number of anilines is 2. The molecule has 1 aromatic heterocycles.